The van der Waals surface area contributed by atoms with Gasteiger partial charge in [0.05, 0.1) is 23.3 Å². The fraction of sp³-hybridized carbons (Fsp3) is 0.231. The van der Waals surface area contributed by atoms with Crippen molar-refractivity contribution >= 4 is 35.4 Å². The normalized spacial score (nSPS) is 12.8. The first kappa shape index (κ1) is 27.3. The van der Waals surface area contributed by atoms with Crippen molar-refractivity contribution in [3.05, 3.63) is 87.7 Å². The SMILES string of the molecule is C=C/C(C=O)=C(\C=C/C)C(=O)NCC(Cc1cc(F)cc(-c2c(Cl)cccc2Cl)c1OC)OC. The van der Waals surface area contributed by atoms with Crippen molar-refractivity contribution in [2.75, 3.05) is 20.8 Å². The van der Waals surface area contributed by atoms with Gasteiger partial charge in [-0.05, 0) is 31.2 Å². The van der Waals surface area contributed by atoms with Crippen LogP contribution in [0.4, 0.5) is 4.39 Å². The van der Waals surface area contributed by atoms with Gasteiger partial charge in [-0.15, -0.1) is 0 Å². The van der Waals surface area contributed by atoms with E-state index >= 15 is 0 Å². The number of nitrogens with one attached hydrogen (secondary N) is 1. The van der Waals surface area contributed by atoms with Gasteiger partial charge in [0.2, 0.25) is 0 Å². The van der Waals surface area contributed by atoms with Gasteiger partial charge in [-0.25, -0.2) is 4.39 Å². The van der Waals surface area contributed by atoms with Crippen LogP contribution in [0.15, 0.2) is 66.3 Å². The van der Waals surface area contributed by atoms with Crippen molar-refractivity contribution in [3.8, 4) is 16.9 Å². The van der Waals surface area contributed by atoms with Crippen molar-refractivity contribution in [2.24, 2.45) is 0 Å². The Morgan fingerprint density at radius 1 is 1.24 bits per heavy atom. The Hall–Kier alpha value is -2.93. The molecule has 0 spiro atoms. The predicted molar refractivity (Wildman–Crippen MR) is 134 cm³/mol. The number of allylic oxidation sites excluding steroid dienone is 3. The second-order valence-corrected chi connectivity index (χ2v) is 8.02. The molecule has 1 unspecified atom stereocenters. The van der Waals surface area contributed by atoms with Crippen LogP contribution in [0.5, 0.6) is 5.75 Å². The van der Waals surface area contributed by atoms with Crippen molar-refractivity contribution in [2.45, 2.75) is 19.4 Å². The standard InChI is InChI=1S/C26H26Cl2FNO4/c1-5-8-20(16(6-2)15-31)26(32)30-14-19(33-3)12-17-11-18(29)13-21(25(17)34-4)24-22(27)9-7-10-23(24)28/h5-11,13,15,19H,2,12,14H2,1,3-4H3,(H,30,32)/b8-5-,20-16-. The van der Waals surface area contributed by atoms with Gasteiger partial charge < -0.3 is 14.8 Å². The van der Waals surface area contributed by atoms with Crippen LogP contribution in [0.1, 0.15) is 12.5 Å². The molecule has 0 bridgehead atoms. The summed E-state index contributed by atoms with van der Waals surface area (Å²) in [6, 6.07) is 7.67. The van der Waals surface area contributed by atoms with E-state index in [1.54, 1.807) is 31.2 Å². The van der Waals surface area contributed by atoms with Gasteiger partial charge in [0.15, 0.2) is 6.29 Å². The topological polar surface area (TPSA) is 64.6 Å². The number of carbonyl (C=O) groups excluding carboxylic acids is 2. The molecule has 0 aromatic heterocycles. The molecule has 0 radical (unpaired) electrons. The van der Waals surface area contributed by atoms with Crippen molar-refractivity contribution < 1.29 is 23.5 Å². The molecular weight excluding hydrogens is 480 g/mol. The number of halogens is 3. The number of aldehydes is 1. The summed E-state index contributed by atoms with van der Waals surface area (Å²) < 4.78 is 25.7. The molecule has 0 saturated heterocycles. The highest BCUT2D eigenvalue weighted by Gasteiger charge is 2.21. The average Bonchev–Trinajstić information content (AvgIpc) is 2.81. The first-order valence-corrected chi connectivity index (χ1v) is 11.1. The third kappa shape index (κ3) is 6.56. The molecule has 2 aromatic carbocycles. The van der Waals surface area contributed by atoms with Gasteiger partial charge in [0, 0.05) is 47.9 Å². The van der Waals surface area contributed by atoms with Crippen LogP contribution in [0.2, 0.25) is 10.0 Å². The molecule has 5 nitrogen and oxygen atoms in total. The smallest absolute Gasteiger partial charge is 0.252 e. The zero-order valence-corrected chi connectivity index (χ0v) is 20.7. The summed E-state index contributed by atoms with van der Waals surface area (Å²) in [5, 5.41) is 3.46. The largest absolute Gasteiger partial charge is 0.496 e. The summed E-state index contributed by atoms with van der Waals surface area (Å²) in [5.41, 5.74) is 1.72. The Morgan fingerprint density at radius 3 is 2.44 bits per heavy atom. The molecule has 1 N–H and O–H groups in total. The summed E-state index contributed by atoms with van der Waals surface area (Å²) in [5.74, 6) is -0.563. The molecule has 0 heterocycles. The van der Waals surface area contributed by atoms with E-state index in [0.29, 0.717) is 38.8 Å². The maximum absolute atomic E-state index is 14.6. The van der Waals surface area contributed by atoms with Crippen molar-refractivity contribution in [1.29, 1.82) is 0 Å². The van der Waals surface area contributed by atoms with Gasteiger partial charge in [0.1, 0.15) is 11.6 Å². The lowest BCUT2D eigenvalue weighted by Gasteiger charge is -2.20. The molecule has 1 amide bonds. The lowest BCUT2D eigenvalue weighted by Crippen LogP contribution is -2.35. The molecule has 0 saturated carbocycles. The van der Waals surface area contributed by atoms with E-state index in [2.05, 4.69) is 11.9 Å². The van der Waals surface area contributed by atoms with Gasteiger partial charge >= 0.3 is 0 Å². The summed E-state index contributed by atoms with van der Waals surface area (Å²) in [4.78, 5) is 23.9. The molecule has 2 rings (SSSR count). The quantitative estimate of drug-likeness (QED) is 0.240. The maximum atomic E-state index is 14.6. The lowest BCUT2D eigenvalue weighted by atomic mass is 9.97. The molecule has 34 heavy (non-hydrogen) atoms. The summed E-state index contributed by atoms with van der Waals surface area (Å²) in [7, 11) is 2.96. The molecule has 0 aliphatic heterocycles. The van der Waals surface area contributed by atoms with Gasteiger partial charge in [0.25, 0.3) is 5.91 Å². The molecular formula is C26H26Cl2FNO4. The van der Waals surface area contributed by atoms with E-state index in [4.69, 9.17) is 32.7 Å². The monoisotopic (exact) mass is 505 g/mol. The van der Waals surface area contributed by atoms with Crippen LogP contribution < -0.4 is 10.1 Å². The van der Waals surface area contributed by atoms with Crippen LogP contribution >= 0.6 is 23.2 Å². The van der Waals surface area contributed by atoms with Crippen LogP contribution in [-0.4, -0.2) is 39.1 Å². The molecule has 180 valence electrons. The zero-order chi connectivity index (χ0) is 25.3. The first-order chi connectivity index (χ1) is 16.3. The fourth-order valence-corrected chi connectivity index (χ4v) is 4.06. The second-order valence-electron chi connectivity index (χ2n) is 7.21. The average molecular weight is 506 g/mol. The molecule has 0 aliphatic rings. The molecule has 8 heteroatoms. The van der Waals surface area contributed by atoms with Crippen LogP contribution in [-0.2, 0) is 20.7 Å². The minimum atomic E-state index is -0.524. The Bertz CT molecular complexity index is 1100. The second kappa shape index (κ2) is 13.1. The number of amides is 1. The minimum absolute atomic E-state index is 0.0987. The van der Waals surface area contributed by atoms with E-state index in [9.17, 15) is 14.0 Å². The van der Waals surface area contributed by atoms with Crippen molar-refractivity contribution in [3.63, 3.8) is 0 Å². The molecule has 0 fully saturated rings. The summed E-state index contributed by atoms with van der Waals surface area (Å²) in [6.45, 7) is 5.39. The highest BCUT2D eigenvalue weighted by atomic mass is 35.5. The Morgan fingerprint density at radius 2 is 1.91 bits per heavy atom. The Labute approximate surface area is 208 Å². The number of hydrogen-bond donors (Lipinski definition) is 1. The highest BCUT2D eigenvalue weighted by Crippen LogP contribution is 2.42. The summed E-state index contributed by atoms with van der Waals surface area (Å²) >= 11 is 12.7. The maximum Gasteiger partial charge on any atom is 0.252 e. The predicted octanol–water partition coefficient (Wildman–Crippen LogP) is 5.74. The van der Waals surface area contributed by atoms with Crippen LogP contribution in [0, 0.1) is 5.82 Å². The van der Waals surface area contributed by atoms with Gasteiger partial charge in [-0.1, -0.05) is 54.1 Å². The number of ether oxygens (including phenoxy) is 2. The first-order valence-electron chi connectivity index (χ1n) is 10.4. The van der Waals surface area contributed by atoms with Crippen LogP contribution in [0.25, 0.3) is 11.1 Å². The van der Waals surface area contributed by atoms with Crippen molar-refractivity contribution in [1.82, 2.24) is 5.32 Å². The molecule has 2 aromatic rings. The number of methoxy groups -OCH3 is 2. The molecule has 0 aliphatic carbocycles. The third-order valence-electron chi connectivity index (χ3n) is 5.07. The number of rotatable bonds is 11. The van der Waals surface area contributed by atoms with Gasteiger partial charge in [-0.3, -0.25) is 9.59 Å². The van der Waals surface area contributed by atoms with Gasteiger partial charge in [-0.2, -0.15) is 0 Å². The summed E-state index contributed by atoms with van der Waals surface area (Å²) in [6.07, 6.45) is 4.75. The van der Waals surface area contributed by atoms with E-state index in [1.165, 1.54) is 38.5 Å². The number of benzene rings is 2. The highest BCUT2D eigenvalue weighted by molar-refractivity contribution is 6.39. The fourth-order valence-electron chi connectivity index (χ4n) is 3.46. The Balaban J connectivity index is 2.35. The Kier molecular flexibility index (Phi) is 10.5. The number of carbonyl (C=O) groups is 2. The van der Waals surface area contributed by atoms with Crippen LogP contribution in [0.3, 0.4) is 0 Å². The minimum Gasteiger partial charge on any atom is -0.496 e. The van der Waals surface area contributed by atoms with E-state index in [-0.39, 0.29) is 24.1 Å². The third-order valence-corrected chi connectivity index (χ3v) is 5.70. The molecule has 1 atom stereocenters. The van der Waals surface area contributed by atoms with E-state index < -0.39 is 17.8 Å². The van der Waals surface area contributed by atoms with E-state index in [0.717, 1.165) is 0 Å². The van der Waals surface area contributed by atoms with E-state index in [1.807, 2.05) is 0 Å². The zero-order valence-electron chi connectivity index (χ0n) is 19.2. The lowest BCUT2D eigenvalue weighted by molar-refractivity contribution is -0.118. The number of hydrogen-bond acceptors (Lipinski definition) is 4.